The molecule has 0 atom stereocenters. The molecule has 2 aromatic carbocycles. The number of carbonyl (C=O) groups excluding carboxylic acids is 1. The molecule has 3 rings (SSSR count). The SMILES string of the molecule is Cc1ccc(N)cc1NC(=O)c1cccc(S(=O)(=O)N2CCOCC2)c1. The normalized spacial score (nSPS) is 15.6. The fourth-order valence-electron chi connectivity index (χ4n) is 2.70. The van der Waals surface area contributed by atoms with E-state index in [9.17, 15) is 13.2 Å². The molecule has 8 heteroatoms. The summed E-state index contributed by atoms with van der Waals surface area (Å²) in [4.78, 5) is 12.6. The topological polar surface area (TPSA) is 102 Å². The van der Waals surface area contributed by atoms with Crippen LogP contribution in [0, 0.1) is 6.92 Å². The van der Waals surface area contributed by atoms with Crippen LogP contribution in [0.15, 0.2) is 47.4 Å². The van der Waals surface area contributed by atoms with E-state index in [1.807, 2.05) is 13.0 Å². The number of sulfonamides is 1. The quantitative estimate of drug-likeness (QED) is 0.794. The minimum Gasteiger partial charge on any atom is -0.399 e. The number of hydrogen-bond acceptors (Lipinski definition) is 5. The van der Waals surface area contributed by atoms with E-state index in [1.54, 1.807) is 24.3 Å². The predicted molar refractivity (Wildman–Crippen MR) is 99.6 cm³/mol. The average molecular weight is 375 g/mol. The van der Waals surface area contributed by atoms with Crippen LogP contribution >= 0.6 is 0 Å². The highest BCUT2D eigenvalue weighted by molar-refractivity contribution is 7.89. The van der Waals surface area contributed by atoms with Crippen molar-refractivity contribution in [3.63, 3.8) is 0 Å². The number of nitrogen functional groups attached to an aromatic ring is 1. The largest absolute Gasteiger partial charge is 0.399 e. The number of hydrogen-bond donors (Lipinski definition) is 2. The molecule has 1 saturated heterocycles. The number of nitrogens with two attached hydrogens (primary N) is 1. The van der Waals surface area contributed by atoms with E-state index in [-0.39, 0.29) is 10.5 Å². The molecule has 0 aliphatic carbocycles. The Bertz CT molecular complexity index is 922. The van der Waals surface area contributed by atoms with Crippen molar-refractivity contribution in [2.24, 2.45) is 0 Å². The van der Waals surface area contributed by atoms with Crippen LogP contribution in [-0.2, 0) is 14.8 Å². The molecule has 1 heterocycles. The number of nitrogens with one attached hydrogen (secondary N) is 1. The van der Waals surface area contributed by atoms with E-state index in [4.69, 9.17) is 10.5 Å². The summed E-state index contributed by atoms with van der Waals surface area (Å²) in [6.07, 6.45) is 0. The fraction of sp³-hybridized carbons (Fsp3) is 0.278. The molecule has 0 unspecified atom stereocenters. The first-order chi connectivity index (χ1) is 12.4. The van der Waals surface area contributed by atoms with E-state index in [0.717, 1.165) is 5.56 Å². The summed E-state index contributed by atoms with van der Waals surface area (Å²) in [7, 11) is -3.65. The van der Waals surface area contributed by atoms with Gasteiger partial charge in [-0.2, -0.15) is 4.31 Å². The number of amides is 1. The first-order valence-electron chi connectivity index (χ1n) is 8.23. The number of rotatable bonds is 4. The van der Waals surface area contributed by atoms with E-state index in [0.29, 0.717) is 37.7 Å². The summed E-state index contributed by atoms with van der Waals surface area (Å²) in [6.45, 7) is 3.21. The molecular formula is C18H21N3O4S. The second kappa shape index (κ2) is 7.45. The molecule has 1 aliphatic heterocycles. The average Bonchev–Trinajstić information content (AvgIpc) is 2.65. The monoisotopic (exact) mass is 375 g/mol. The molecule has 7 nitrogen and oxygen atoms in total. The molecule has 2 aromatic rings. The molecule has 0 aromatic heterocycles. The van der Waals surface area contributed by atoms with E-state index in [2.05, 4.69) is 5.32 Å². The molecule has 26 heavy (non-hydrogen) atoms. The van der Waals surface area contributed by atoms with Gasteiger partial charge in [0.25, 0.3) is 5.91 Å². The Morgan fingerprint density at radius 2 is 1.88 bits per heavy atom. The van der Waals surface area contributed by atoms with Gasteiger partial charge in [0.15, 0.2) is 0 Å². The maximum atomic E-state index is 12.7. The summed E-state index contributed by atoms with van der Waals surface area (Å²) < 4.78 is 32.1. The first kappa shape index (κ1) is 18.4. The fourth-order valence-corrected chi connectivity index (χ4v) is 4.16. The van der Waals surface area contributed by atoms with Crippen molar-refractivity contribution in [3.8, 4) is 0 Å². The maximum absolute atomic E-state index is 12.7. The lowest BCUT2D eigenvalue weighted by Gasteiger charge is -2.26. The van der Waals surface area contributed by atoms with Gasteiger partial charge in [-0.1, -0.05) is 12.1 Å². The van der Waals surface area contributed by atoms with Crippen LogP contribution in [-0.4, -0.2) is 44.9 Å². The van der Waals surface area contributed by atoms with Crippen LogP contribution in [0.3, 0.4) is 0 Å². The lowest BCUT2D eigenvalue weighted by atomic mass is 10.1. The predicted octanol–water partition coefficient (Wildman–Crippen LogP) is 1.85. The molecule has 138 valence electrons. The lowest BCUT2D eigenvalue weighted by Crippen LogP contribution is -2.40. The van der Waals surface area contributed by atoms with Crippen molar-refractivity contribution < 1.29 is 17.9 Å². The van der Waals surface area contributed by atoms with Crippen LogP contribution in [0.5, 0.6) is 0 Å². The van der Waals surface area contributed by atoms with Gasteiger partial charge in [-0.3, -0.25) is 4.79 Å². The number of morpholine rings is 1. The van der Waals surface area contributed by atoms with Gasteiger partial charge in [-0.25, -0.2) is 8.42 Å². The highest BCUT2D eigenvalue weighted by Crippen LogP contribution is 2.21. The summed E-state index contributed by atoms with van der Waals surface area (Å²) in [6, 6.07) is 11.3. The van der Waals surface area contributed by atoms with Gasteiger partial charge in [0.2, 0.25) is 10.0 Å². The summed E-state index contributed by atoms with van der Waals surface area (Å²) in [5.41, 5.74) is 8.02. The highest BCUT2D eigenvalue weighted by Gasteiger charge is 2.26. The second-order valence-electron chi connectivity index (χ2n) is 6.07. The van der Waals surface area contributed by atoms with Gasteiger partial charge >= 0.3 is 0 Å². The third-order valence-corrected chi connectivity index (χ3v) is 6.11. The lowest BCUT2D eigenvalue weighted by molar-refractivity contribution is 0.0730. The third-order valence-electron chi connectivity index (χ3n) is 4.21. The standard InChI is InChI=1S/C18H21N3O4S/c1-13-5-6-15(19)12-17(13)20-18(22)14-3-2-4-16(11-14)26(23,24)21-7-9-25-10-8-21/h2-6,11-12H,7-10,19H2,1H3,(H,20,22). The Kier molecular flexibility index (Phi) is 5.26. The highest BCUT2D eigenvalue weighted by atomic mass is 32.2. The molecular weight excluding hydrogens is 354 g/mol. The number of aryl methyl sites for hydroxylation is 1. The molecule has 0 saturated carbocycles. The van der Waals surface area contributed by atoms with Gasteiger partial charge in [-0.05, 0) is 42.8 Å². The van der Waals surface area contributed by atoms with Gasteiger partial charge in [0.1, 0.15) is 0 Å². The smallest absolute Gasteiger partial charge is 0.255 e. The number of benzene rings is 2. The first-order valence-corrected chi connectivity index (χ1v) is 9.67. The van der Waals surface area contributed by atoms with Crippen LogP contribution in [0.25, 0.3) is 0 Å². The Morgan fingerprint density at radius 1 is 1.15 bits per heavy atom. The van der Waals surface area contributed by atoms with Crippen molar-refractivity contribution in [2.45, 2.75) is 11.8 Å². The molecule has 1 fully saturated rings. The van der Waals surface area contributed by atoms with Crippen LogP contribution in [0.2, 0.25) is 0 Å². The number of anilines is 2. The second-order valence-corrected chi connectivity index (χ2v) is 8.01. The summed E-state index contributed by atoms with van der Waals surface area (Å²) >= 11 is 0. The van der Waals surface area contributed by atoms with E-state index in [1.165, 1.54) is 16.4 Å². The zero-order chi connectivity index (χ0) is 18.7. The maximum Gasteiger partial charge on any atom is 0.255 e. The number of nitrogens with zero attached hydrogens (tertiary/aromatic N) is 1. The van der Waals surface area contributed by atoms with Gasteiger partial charge in [-0.15, -0.1) is 0 Å². The van der Waals surface area contributed by atoms with Gasteiger partial charge in [0.05, 0.1) is 18.1 Å². The Hall–Kier alpha value is -2.42. The van der Waals surface area contributed by atoms with Gasteiger partial charge < -0.3 is 15.8 Å². The Morgan fingerprint density at radius 3 is 2.62 bits per heavy atom. The third kappa shape index (κ3) is 3.87. The van der Waals surface area contributed by atoms with E-state index < -0.39 is 15.9 Å². The summed E-state index contributed by atoms with van der Waals surface area (Å²) in [5, 5.41) is 2.78. The molecule has 0 radical (unpaired) electrons. The zero-order valence-electron chi connectivity index (χ0n) is 14.4. The zero-order valence-corrected chi connectivity index (χ0v) is 15.3. The molecule has 1 aliphatic rings. The Balaban J connectivity index is 1.84. The van der Waals surface area contributed by atoms with Crippen LogP contribution in [0.4, 0.5) is 11.4 Å². The Labute approximate surface area is 152 Å². The van der Waals surface area contributed by atoms with Crippen molar-refractivity contribution in [1.82, 2.24) is 4.31 Å². The van der Waals surface area contributed by atoms with Crippen LogP contribution in [0.1, 0.15) is 15.9 Å². The molecule has 0 bridgehead atoms. The molecule has 0 spiro atoms. The van der Waals surface area contributed by atoms with Crippen LogP contribution < -0.4 is 11.1 Å². The van der Waals surface area contributed by atoms with Gasteiger partial charge in [0, 0.05) is 30.0 Å². The number of carbonyl (C=O) groups is 1. The molecule has 1 amide bonds. The minimum atomic E-state index is -3.65. The number of ether oxygens (including phenoxy) is 1. The summed E-state index contributed by atoms with van der Waals surface area (Å²) in [5.74, 6) is -0.391. The molecule has 3 N–H and O–H groups in total. The van der Waals surface area contributed by atoms with E-state index >= 15 is 0 Å². The minimum absolute atomic E-state index is 0.0938. The van der Waals surface area contributed by atoms with Crippen molar-refractivity contribution in [1.29, 1.82) is 0 Å². The van der Waals surface area contributed by atoms with Crippen molar-refractivity contribution in [2.75, 3.05) is 37.4 Å². The van der Waals surface area contributed by atoms with Crippen molar-refractivity contribution in [3.05, 3.63) is 53.6 Å². The van der Waals surface area contributed by atoms with Crippen molar-refractivity contribution >= 4 is 27.3 Å².